The summed E-state index contributed by atoms with van der Waals surface area (Å²) in [4.78, 5) is 32.6. The lowest BCUT2D eigenvalue weighted by Gasteiger charge is -2.26. The number of carbonyl (C=O) groups is 1. The lowest BCUT2D eigenvalue weighted by atomic mass is 10.2. The summed E-state index contributed by atoms with van der Waals surface area (Å²) in [6.07, 6.45) is 1.21. The Morgan fingerprint density at radius 1 is 1.03 bits per heavy atom. The number of hydrogen-bond donors (Lipinski definition) is 1. The molecular formula is C24H28N4O3S. The van der Waals surface area contributed by atoms with Gasteiger partial charge in [-0.3, -0.25) is 19.1 Å². The van der Waals surface area contributed by atoms with Gasteiger partial charge in [-0.25, -0.2) is 4.98 Å². The molecule has 1 aromatic heterocycles. The number of anilines is 1. The Kier molecular flexibility index (Phi) is 7.92. The van der Waals surface area contributed by atoms with E-state index in [9.17, 15) is 9.59 Å². The molecule has 0 bridgehead atoms. The quantitative estimate of drug-likeness (QED) is 0.397. The molecule has 0 unspecified atom stereocenters. The van der Waals surface area contributed by atoms with Crippen molar-refractivity contribution in [2.75, 3.05) is 43.9 Å². The monoisotopic (exact) mass is 452 g/mol. The van der Waals surface area contributed by atoms with Crippen LogP contribution in [0.2, 0.25) is 0 Å². The van der Waals surface area contributed by atoms with Gasteiger partial charge in [-0.15, -0.1) is 0 Å². The molecule has 0 saturated carbocycles. The Morgan fingerprint density at radius 3 is 2.59 bits per heavy atom. The van der Waals surface area contributed by atoms with Gasteiger partial charge in [-0.2, -0.15) is 0 Å². The van der Waals surface area contributed by atoms with Gasteiger partial charge >= 0.3 is 0 Å². The van der Waals surface area contributed by atoms with Crippen LogP contribution in [0.3, 0.4) is 0 Å². The van der Waals surface area contributed by atoms with Crippen molar-refractivity contribution in [3.63, 3.8) is 0 Å². The van der Waals surface area contributed by atoms with E-state index in [1.807, 2.05) is 54.6 Å². The average Bonchev–Trinajstić information content (AvgIpc) is 2.82. The first kappa shape index (κ1) is 22.5. The van der Waals surface area contributed by atoms with Crippen LogP contribution in [-0.2, 0) is 16.1 Å². The van der Waals surface area contributed by atoms with Crippen LogP contribution < -0.4 is 10.9 Å². The normalized spacial score (nSPS) is 14.5. The molecule has 7 nitrogen and oxygen atoms in total. The number of nitrogens with zero attached hydrogens (tertiary/aromatic N) is 3. The smallest absolute Gasteiger partial charge is 0.262 e. The molecule has 2 aromatic carbocycles. The number of hydrogen-bond acceptors (Lipinski definition) is 6. The van der Waals surface area contributed by atoms with Gasteiger partial charge in [0.2, 0.25) is 5.91 Å². The van der Waals surface area contributed by atoms with E-state index in [0.29, 0.717) is 34.8 Å². The first-order valence-corrected chi connectivity index (χ1v) is 12.0. The summed E-state index contributed by atoms with van der Waals surface area (Å²) in [7, 11) is 0. The lowest BCUT2D eigenvalue weighted by Crippen LogP contribution is -2.37. The number of carbonyl (C=O) groups excluding carboxylic acids is 1. The number of aromatic nitrogens is 2. The fourth-order valence-corrected chi connectivity index (χ4v) is 4.68. The molecular weight excluding hydrogens is 424 g/mol. The number of amides is 1. The third-order valence-corrected chi connectivity index (χ3v) is 6.38. The van der Waals surface area contributed by atoms with Gasteiger partial charge in [0.25, 0.3) is 5.56 Å². The zero-order valence-corrected chi connectivity index (χ0v) is 18.9. The van der Waals surface area contributed by atoms with Crippen LogP contribution in [0, 0.1) is 0 Å². The SMILES string of the molecule is O=C(CCSc1nc2ccccc2c(=O)n1CCCN1CCOCC1)Nc1ccccc1. The highest BCUT2D eigenvalue weighted by Gasteiger charge is 2.14. The van der Waals surface area contributed by atoms with Crippen molar-refractivity contribution in [1.29, 1.82) is 0 Å². The summed E-state index contributed by atoms with van der Waals surface area (Å²) in [5.41, 5.74) is 1.46. The molecule has 3 aromatic rings. The molecule has 0 aliphatic carbocycles. The van der Waals surface area contributed by atoms with E-state index in [2.05, 4.69) is 10.2 Å². The van der Waals surface area contributed by atoms with Crippen LogP contribution in [0.1, 0.15) is 12.8 Å². The van der Waals surface area contributed by atoms with Crippen LogP contribution in [0.4, 0.5) is 5.69 Å². The molecule has 4 rings (SSSR count). The van der Waals surface area contributed by atoms with Crippen molar-refractivity contribution in [2.45, 2.75) is 24.5 Å². The zero-order valence-electron chi connectivity index (χ0n) is 18.0. The summed E-state index contributed by atoms with van der Waals surface area (Å²) in [6.45, 7) is 4.93. The van der Waals surface area contributed by atoms with E-state index >= 15 is 0 Å². The van der Waals surface area contributed by atoms with Gasteiger partial charge in [-0.05, 0) is 30.7 Å². The van der Waals surface area contributed by atoms with Gasteiger partial charge in [0.1, 0.15) is 0 Å². The molecule has 2 heterocycles. The molecule has 0 atom stereocenters. The number of nitrogens with one attached hydrogen (secondary N) is 1. The van der Waals surface area contributed by atoms with Crippen molar-refractivity contribution in [2.24, 2.45) is 0 Å². The van der Waals surface area contributed by atoms with Crippen LogP contribution in [0.25, 0.3) is 10.9 Å². The minimum atomic E-state index is -0.0503. The van der Waals surface area contributed by atoms with E-state index in [0.717, 1.165) is 45.0 Å². The van der Waals surface area contributed by atoms with Gasteiger partial charge in [0.05, 0.1) is 24.1 Å². The first-order valence-electron chi connectivity index (χ1n) is 11.0. The number of ether oxygens (including phenoxy) is 1. The highest BCUT2D eigenvalue weighted by molar-refractivity contribution is 7.99. The van der Waals surface area contributed by atoms with Crippen molar-refractivity contribution in [1.82, 2.24) is 14.5 Å². The molecule has 1 aliphatic rings. The Labute approximate surface area is 191 Å². The molecule has 8 heteroatoms. The van der Waals surface area contributed by atoms with Gasteiger partial charge in [-0.1, -0.05) is 42.1 Å². The molecule has 0 radical (unpaired) electrons. The molecule has 0 spiro atoms. The average molecular weight is 453 g/mol. The van der Waals surface area contributed by atoms with E-state index in [1.165, 1.54) is 11.8 Å². The largest absolute Gasteiger partial charge is 0.379 e. The predicted octanol–water partition coefficient (Wildman–Crippen LogP) is 3.24. The third-order valence-electron chi connectivity index (χ3n) is 5.40. The summed E-state index contributed by atoms with van der Waals surface area (Å²) < 4.78 is 7.18. The van der Waals surface area contributed by atoms with E-state index in [1.54, 1.807) is 4.57 Å². The lowest BCUT2D eigenvalue weighted by molar-refractivity contribution is -0.115. The molecule has 1 N–H and O–H groups in total. The van der Waals surface area contributed by atoms with Gasteiger partial charge < -0.3 is 10.1 Å². The highest BCUT2D eigenvalue weighted by Crippen LogP contribution is 2.19. The number of thioether (sulfide) groups is 1. The summed E-state index contributed by atoms with van der Waals surface area (Å²) in [5, 5.41) is 4.20. The number of morpholine rings is 1. The number of fused-ring (bicyclic) bond motifs is 1. The molecule has 1 saturated heterocycles. The second-order valence-electron chi connectivity index (χ2n) is 7.69. The van der Waals surface area contributed by atoms with Gasteiger partial charge in [0, 0.05) is 44.0 Å². The predicted molar refractivity (Wildman–Crippen MR) is 128 cm³/mol. The van der Waals surface area contributed by atoms with Crippen molar-refractivity contribution in [3.05, 3.63) is 65.0 Å². The standard InChI is InChI=1S/C24H28N4O3S/c29-22(25-19-7-2-1-3-8-19)11-18-32-24-26-21-10-5-4-9-20(21)23(30)28(24)13-6-12-27-14-16-31-17-15-27/h1-5,7-10H,6,11-18H2,(H,25,29). The molecule has 168 valence electrons. The zero-order chi connectivity index (χ0) is 22.2. The van der Waals surface area contributed by atoms with Crippen molar-refractivity contribution >= 4 is 34.3 Å². The van der Waals surface area contributed by atoms with Crippen LogP contribution in [0.5, 0.6) is 0 Å². The summed E-state index contributed by atoms with van der Waals surface area (Å²) in [5.74, 6) is 0.498. The third kappa shape index (κ3) is 5.97. The second-order valence-corrected chi connectivity index (χ2v) is 8.75. The maximum Gasteiger partial charge on any atom is 0.262 e. The van der Waals surface area contributed by atoms with Crippen molar-refractivity contribution < 1.29 is 9.53 Å². The summed E-state index contributed by atoms with van der Waals surface area (Å²) >= 11 is 1.46. The Bertz CT molecular complexity index is 1100. The maximum absolute atomic E-state index is 13.2. The fourth-order valence-electron chi connectivity index (χ4n) is 3.71. The minimum Gasteiger partial charge on any atom is -0.379 e. The van der Waals surface area contributed by atoms with E-state index in [-0.39, 0.29) is 11.5 Å². The maximum atomic E-state index is 13.2. The number of para-hydroxylation sites is 2. The Morgan fingerprint density at radius 2 is 1.78 bits per heavy atom. The first-order chi connectivity index (χ1) is 15.7. The second kappa shape index (κ2) is 11.3. The van der Waals surface area contributed by atoms with Crippen LogP contribution >= 0.6 is 11.8 Å². The number of rotatable bonds is 9. The van der Waals surface area contributed by atoms with Crippen LogP contribution in [0.15, 0.2) is 64.5 Å². The summed E-state index contributed by atoms with van der Waals surface area (Å²) in [6, 6.07) is 16.9. The Hall–Kier alpha value is -2.68. The molecule has 1 fully saturated rings. The molecule has 1 amide bonds. The van der Waals surface area contributed by atoms with E-state index in [4.69, 9.17) is 9.72 Å². The highest BCUT2D eigenvalue weighted by atomic mass is 32.2. The fraction of sp³-hybridized carbons (Fsp3) is 0.375. The van der Waals surface area contributed by atoms with E-state index < -0.39 is 0 Å². The number of benzene rings is 2. The minimum absolute atomic E-state index is 0.0196. The van der Waals surface area contributed by atoms with Crippen LogP contribution in [-0.4, -0.2) is 59.0 Å². The molecule has 32 heavy (non-hydrogen) atoms. The van der Waals surface area contributed by atoms with Gasteiger partial charge in [0.15, 0.2) is 5.16 Å². The molecule has 1 aliphatic heterocycles. The topological polar surface area (TPSA) is 76.5 Å². The van der Waals surface area contributed by atoms with Crippen molar-refractivity contribution in [3.8, 4) is 0 Å². The Balaban J connectivity index is 1.42.